The first-order valence-electron chi connectivity index (χ1n) is 9.04. The van der Waals surface area contributed by atoms with Crippen molar-refractivity contribution >= 4 is 40.3 Å². The Bertz CT molecular complexity index is 1310. The Balaban J connectivity index is 1.50. The molecule has 5 heteroatoms. The van der Waals surface area contributed by atoms with Gasteiger partial charge < -0.3 is 9.15 Å². The lowest BCUT2D eigenvalue weighted by Gasteiger charge is -2.04. The second-order valence-electron chi connectivity index (χ2n) is 6.58. The fourth-order valence-electron chi connectivity index (χ4n) is 3.30. The Morgan fingerprint density at radius 3 is 2.62 bits per heavy atom. The first-order chi connectivity index (χ1) is 14.2. The van der Waals surface area contributed by atoms with Gasteiger partial charge in [0.2, 0.25) is 5.90 Å². The highest BCUT2D eigenvalue weighted by molar-refractivity contribution is 6.30. The van der Waals surface area contributed by atoms with Crippen molar-refractivity contribution in [2.24, 2.45) is 4.99 Å². The molecule has 5 rings (SSSR count). The van der Waals surface area contributed by atoms with Crippen LogP contribution in [0.5, 0.6) is 0 Å². The zero-order valence-corrected chi connectivity index (χ0v) is 15.9. The van der Waals surface area contributed by atoms with Crippen LogP contribution in [0.2, 0.25) is 5.02 Å². The normalized spacial score (nSPS) is 15.0. The maximum Gasteiger partial charge on any atom is 0.363 e. The standard InChI is InChI=1S/C24H14ClNO3/c25-17-8-3-7-16(13-17)22-12-11-18(28-22)14-21-24(27)29-23(26-21)20-10-4-6-15-5-1-2-9-19(15)20/h1-14H/b21-14+. The molecule has 3 aromatic carbocycles. The lowest BCUT2D eigenvalue weighted by Crippen LogP contribution is -2.05. The first kappa shape index (κ1) is 17.5. The number of cyclic esters (lactones) is 1. The molecule has 0 fully saturated rings. The van der Waals surface area contributed by atoms with Crippen molar-refractivity contribution < 1.29 is 13.9 Å². The molecule has 140 valence electrons. The van der Waals surface area contributed by atoms with Crippen molar-refractivity contribution in [3.05, 3.63) is 101 Å². The van der Waals surface area contributed by atoms with Gasteiger partial charge in [0, 0.05) is 22.2 Å². The predicted molar refractivity (Wildman–Crippen MR) is 114 cm³/mol. The molecule has 29 heavy (non-hydrogen) atoms. The topological polar surface area (TPSA) is 51.8 Å². The second-order valence-corrected chi connectivity index (χ2v) is 7.01. The van der Waals surface area contributed by atoms with Gasteiger partial charge in [0.05, 0.1) is 0 Å². The van der Waals surface area contributed by atoms with Crippen LogP contribution in [-0.2, 0) is 9.53 Å². The number of nitrogens with zero attached hydrogens (tertiary/aromatic N) is 1. The predicted octanol–water partition coefficient (Wildman–Crippen LogP) is 6.10. The molecule has 1 aromatic heterocycles. The summed E-state index contributed by atoms with van der Waals surface area (Å²) >= 11 is 6.04. The Hall–Kier alpha value is -3.63. The Morgan fingerprint density at radius 1 is 0.897 bits per heavy atom. The number of aliphatic imine (C=N–C) groups is 1. The monoisotopic (exact) mass is 399 g/mol. The van der Waals surface area contributed by atoms with E-state index in [2.05, 4.69) is 4.99 Å². The van der Waals surface area contributed by atoms with Crippen molar-refractivity contribution in [3.63, 3.8) is 0 Å². The van der Waals surface area contributed by atoms with Crippen molar-refractivity contribution in [3.8, 4) is 11.3 Å². The Kier molecular flexibility index (Phi) is 4.26. The number of benzene rings is 3. The number of fused-ring (bicyclic) bond motifs is 1. The van der Waals surface area contributed by atoms with E-state index >= 15 is 0 Å². The van der Waals surface area contributed by atoms with Crippen LogP contribution in [0.25, 0.3) is 28.2 Å². The van der Waals surface area contributed by atoms with Gasteiger partial charge in [-0.1, -0.05) is 60.1 Å². The molecule has 0 N–H and O–H groups in total. The fourth-order valence-corrected chi connectivity index (χ4v) is 3.49. The summed E-state index contributed by atoms with van der Waals surface area (Å²) in [5.74, 6) is 0.951. The third-order valence-corrected chi connectivity index (χ3v) is 4.89. The zero-order chi connectivity index (χ0) is 19.8. The third kappa shape index (κ3) is 3.35. The van der Waals surface area contributed by atoms with E-state index in [1.807, 2.05) is 66.7 Å². The van der Waals surface area contributed by atoms with Gasteiger partial charge in [0.25, 0.3) is 0 Å². The van der Waals surface area contributed by atoms with Crippen LogP contribution in [0.4, 0.5) is 0 Å². The summed E-state index contributed by atoms with van der Waals surface area (Å²) in [7, 11) is 0. The first-order valence-corrected chi connectivity index (χ1v) is 9.42. The summed E-state index contributed by atoms with van der Waals surface area (Å²) in [6, 6.07) is 24.7. The van der Waals surface area contributed by atoms with Gasteiger partial charge >= 0.3 is 5.97 Å². The van der Waals surface area contributed by atoms with E-state index in [1.165, 1.54) is 0 Å². The highest BCUT2D eigenvalue weighted by Gasteiger charge is 2.25. The van der Waals surface area contributed by atoms with Gasteiger partial charge in [0.15, 0.2) is 5.70 Å². The molecule has 0 aliphatic carbocycles. The molecule has 4 aromatic rings. The van der Waals surface area contributed by atoms with Crippen molar-refractivity contribution in [1.82, 2.24) is 0 Å². The molecule has 2 heterocycles. The van der Waals surface area contributed by atoms with Crippen LogP contribution < -0.4 is 0 Å². The minimum Gasteiger partial charge on any atom is -0.457 e. The molecule has 1 aliphatic heterocycles. The van der Waals surface area contributed by atoms with Gasteiger partial charge in [-0.15, -0.1) is 0 Å². The van der Waals surface area contributed by atoms with Gasteiger partial charge in [-0.25, -0.2) is 9.79 Å². The molecule has 1 aliphatic rings. The van der Waals surface area contributed by atoms with E-state index in [4.69, 9.17) is 20.8 Å². The van der Waals surface area contributed by atoms with E-state index in [1.54, 1.807) is 18.2 Å². The Labute approximate surface area is 171 Å². The number of hydrogen-bond donors (Lipinski definition) is 0. The number of furan rings is 1. The van der Waals surface area contributed by atoms with Crippen molar-refractivity contribution in [1.29, 1.82) is 0 Å². The van der Waals surface area contributed by atoms with Crippen molar-refractivity contribution in [2.45, 2.75) is 0 Å². The summed E-state index contributed by atoms with van der Waals surface area (Å²) < 4.78 is 11.3. The van der Waals surface area contributed by atoms with E-state index in [0.717, 1.165) is 21.9 Å². The molecule has 0 atom stereocenters. The number of ether oxygens (including phenoxy) is 1. The average Bonchev–Trinajstić information content (AvgIpc) is 3.35. The second kappa shape index (κ2) is 7.08. The number of carbonyl (C=O) groups is 1. The molecular formula is C24H14ClNO3. The lowest BCUT2D eigenvalue weighted by atomic mass is 10.0. The molecular weight excluding hydrogens is 386 g/mol. The maximum absolute atomic E-state index is 12.4. The number of halogens is 1. The molecule has 0 saturated heterocycles. The summed E-state index contributed by atoms with van der Waals surface area (Å²) in [6.45, 7) is 0. The largest absolute Gasteiger partial charge is 0.457 e. The molecule has 0 amide bonds. The van der Waals surface area contributed by atoms with Gasteiger partial charge in [-0.05, 0) is 41.1 Å². The van der Waals surface area contributed by atoms with Crippen LogP contribution in [0.15, 0.2) is 94.0 Å². The van der Waals surface area contributed by atoms with E-state index in [0.29, 0.717) is 22.4 Å². The van der Waals surface area contributed by atoms with Crippen molar-refractivity contribution in [2.75, 3.05) is 0 Å². The minimum absolute atomic E-state index is 0.194. The highest BCUT2D eigenvalue weighted by Crippen LogP contribution is 2.28. The summed E-state index contributed by atoms with van der Waals surface area (Å²) in [4.78, 5) is 16.8. The summed E-state index contributed by atoms with van der Waals surface area (Å²) in [5.41, 5.74) is 1.83. The molecule has 0 spiro atoms. The Morgan fingerprint density at radius 2 is 1.72 bits per heavy atom. The van der Waals surface area contributed by atoms with Crippen LogP contribution in [0.1, 0.15) is 11.3 Å². The van der Waals surface area contributed by atoms with Crippen LogP contribution in [0.3, 0.4) is 0 Å². The van der Waals surface area contributed by atoms with Gasteiger partial charge in [0.1, 0.15) is 11.5 Å². The van der Waals surface area contributed by atoms with Crippen LogP contribution >= 0.6 is 11.6 Å². The fraction of sp³-hybridized carbons (Fsp3) is 0. The SMILES string of the molecule is O=C1OC(c2cccc3ccccc23)=N/C1=C/c1ccc(-c2cccc(Cl)c2)o1. The van der Waals surface area contributed by atoms with Gasteiger partial charge in [-0.2, -0.15) is 0 Å². The smallest absolute Gasteiger partial charge is 0.363 e. The number of hydrogen-bond acceptors (Lipinski definition) is 4. The van der Waals surface area contributed by atoms with Gasteiger partial charge in [-0.3, -0.25) is 0 Å². The number of rotatable bonds is 3. The molecule has 4 nitrogen and oxygen atoms in total. The molecule has 0 unspecified atom stereocenters. The molecule has 0 saturated carbocycles. The number of carbonyl (C=O) groups excluding carboxylic acids is 1. The quantitative estimate of drug-likeness (QED) is 0.309. The van der Waals surface area contributed by atoms with Crippen LogP contribution in [-0.4, -0.2) is 11.9 Å². The third-order valence-electron chi connectivity index (χ3n) is 4.66. The maximum atomic E-state index is 12.4. The van der Waals surface area contributed by atoms with E-state index in [-0.39, 0.29) is 5.70 Å². The lowest BCUT2D eigenvalue weighted by molar-refractivity contribution is -0.129. The van der Waals surface area contributed by atoms with Crippen LogP contribution in [0, 0.1) is 0 Å². The van der Waals surface area contributed by atoms with E-state index < -0.39 is 5.97 Å². The minimum atomic E-state index is -0.506. The number of esters is 1. The molecule has 0 bridgehead atoms. The zero-order valence-electron chi connectivity index (χ0n) is 15.1. The summed E-state index contributed by atoms with van der Waals surface area (Å²) in [6.07, 6.45) is 1.58. The average molecular weight is 400 g/mol. The highest BCUT2D eigenvalue weighted by atomic mass is 35.5. The molecule has 0 radical (unpaired) electrons. The van der Waals surface area contributed by atoms with E-state index in [9.17, 15) is 4.79 Å². The summed E-state index contributed by atoms with van der Waals surface area (Å²) in [5, 5.41) is 2.66.